The monoisotopic (exact) mass is 1030 g/mol. The molecule has 6 aromatic rings. The number of amides is 3. The molecular weight excluding hydrogens is 984 g/mol. The number of nitrogens with one attached hydrogen (secondary N) is 2. The molecule has 17 heteroatoms. The summed E-state index contributed by atoms with van der Waals surface area (Å²) in [6.07, 6.45) is 3.86. The van der Waals surface area contributed by atoms with Crippen molar-refractivity contribution in [2.75, 3.05) is 19.6 Å². The molecule has 11 nitrogen and oxygen atoms in total. The van der Waals surface area contributed by atoms with Gasteiger partial charge in [0, 0.05) is 64.6 Å². The summed E-state index contributed by atoms with van der Waals surface area (Å²) < 4.78 is 1.99. The zero-order valence-electron chi connectivity index (χ0n) is 37.1. The van der Waals surface area contributed by atoms with Gasteiger partial charge < -0.3 is 15.5 Å². The molecule has 0 bridgehead atoms. The van der Waals surface area contributed by atoms with Gasteiger partial charge in [0.2, 0.25) is 17.7 Å². The summed E-state index contributed by atoms with van der Waals surface area (Å²) in [6.45, 7) is 6.16. The number of rotatable bonds is 13. The molecule has 1 fully saturated rings. The van der Waals surface area contributed by atoms with Crippen molar-refractivity contribution in [1.82, 2.24) is 30.3 Å². The highest BCUT2D eigenvalue weighted by Gasteiger charge is 2.35. The van der Waals surface area contributed by atoms with E-state index in [-0.39, 0.29) is 62.4 Å². The topological polar surface area (TPSA) is 139 Å². The van der Waals surface area contributed by atoms with E-state index in [9.17, 15) is 19.2 Å². The number of nitrogens with zero attached hydrogens (tertiary/aromatic N) is 5. The number of hydrogen-bond acceptors (Lipinski definition) is 8. The van der Waals surface area contributed by atoms with Gasteiger partial charge in [-0.15, -0.1) is 21.5 Å². The van der Waals surface area contributed by atoms with Crippen LogP contribution in [0.1, 0.15) is 75.2 Å². The molecule has 0 radical (unpaired) electrons. The number of halogens is 5. The summed E-state index contributed by atoms with van der Waals surface area (Å²) in [6, 6.07) is 25.2. The first-order chi connectivity index (χ1) is 32.6. The fourth-order valence-electron chi connectivity index (χ4n) is 8.20. The van der Waals surface area contributed by atoms with E-state index in [0.29, 0.717) is 65.5 Å². The van der Waals surface area contributed by atoms with E-state index in [1.54, 1.807) is 64.8 Å². The maximum atomic E-state index is 14.7. The lowest BCUT2D eigenvalue weighted by Gasteiger charge is -2.33. The number of benzene rings is 4. The van der Waals surface area contributed by atoms with Crippen LogP contribution in [0.2, 0.25) is 25.1 Å². The molecule has 8 rings (SSSR count). The number of likely N-dealkylation sites (tertiary alicyclic amines) is 1. The van der Waals surface area contributed by atoms with Gasteiger partial charge in [-0.25, -0.2) is 0 Å². The number of carbonyl (C=O) groups is 4. The van der Waals surface area contributed by atoms with Crippen LogP contribution in [0.3, 0.4) is 0 Å². The van der Waals surface area contributed by atoms with Gasteiger partial charge in [0.1, 0.15) is 22.9 Å². The first kappa shape index (κ1) is 48.8. The second-order valence-electron chi connectivity index (χ2n) is 16.6. The molecule has 2 aliphatic heterocycles. The van der Waals surface area contributed by atoms with Crippen LogP contribution in [0.5, 0.6) is 0 Å². The minimum Gasteiger partial charge on any atom is -0.356 e. The van der Waals surface area contributed by atoms with Gasteiger partial charge in [0.15, 0.2) is 11.6 Å². The van der Waals surface area contributed by atoms with E-state index in [2.05, 4.69) is 34.7 Å². The molecule has 0 saturated carbocycles. The first-order valence-electron chi connectivity index (χ1n) is 21.7. The molecule has 2 aliphatic rings. The Hall–Kier alpha value is -5.60. The predicted molar refractivity (Wildman–Crippen MR) is 273 cm³/mol. The highest BCUT2D eigenvalue weighted by Crippen LogP contribution is 2.40. The van der Waals surface area contributed by atoms with Gasteiger partial charge in [0.25, 0.3) is 0 Å². The van der Waals surface area contributed by atoms with E-state index in [1.165, 1.54) is 0 Å². The standard InChI is InChI=1S/C51H44Cl5N7O4S/c1-28-29(2)68-51-46(28)47(34-13-15-37(52)16-14-34)59-42(49-61-60-30(3)63(49)51)25-45(65)57-19-7-10-44(64)58-43(24-31-8-5-4-6-9-31)50(67)62-26-35(20-32-11-17-38(53)40(55)22-32)48(66)36(27-62)21-33-12-18-39(54)41(56)23-33/h4-6,8-9,11-18,20-23,42-43H,7,10,19,24-27H2,1-3H3,(H,57,65)(H,58,64)/b35-20+,36-21+/t42-,43?/m0/s1. The van der Waals surface area contributed by atoms with Gasteiger partial charge >= 0.3 is 0 Å². The van der Waals surface area contributed by atoms with Gasteiger partial charge in [-0.05, 0) is 98.0 Å². The van der Waals surface area contributed by atoms with Crippen molar-refractivity contribution < 1.29 is 19.2 Å². The number of ketones is 1. The maximum absolute atomic E-state index is 14.7. The zero-order valence-corrected chi connectivity index (χ0v) is 41.7. The van der Waals surface area contributed by atoms with Crippen molar-refractivity contribution >= 4 is 111 Å². The van der Waals surface area contributed by atoms with Gasteiger partial charge in [-0.1, -0.05) is 113 Å². The number of Topliss-reactive ketones (excluding diaryl/α,β-unsaturated/α-hetero) is 1. The average molecular weight is 1030 g/mol. The number of aliphatic imine (C=N–C) groups is 1. The van der Waals surface area contributed by atoms with Crippen molar-refractivity contribution in [3.63, 3.8) is 0 Å². The zero-order chi connectivity index (χ0) is 48.2. The van der Waals surface area contributed by atoms with E-state index < -0.39 is 12.1 Å². The Morgan fingerprint density at radius 1 is 0.794 bits per heavy atom. The number of thiophene rings is 1. The van der Waals surface area contributed by atoms with Crippen molar-refractivity contribution in [2.45, 2.75) is 58.5 Å². The maximum Gasteiger partial charge on any atom is 0.246 e. The molecule has 348 valence electrons. The largest absolute Gasteiger partial charge is 0.356 e. The summed E-state index contributed by atoms with van der Waals surface area (Å²) in [5, 5.41) is 17.7. The van der Waals surface area contributed by atoms with Crippen LogP contribution in [0, 0.1) is 20.8 Å². The fourth-order valence-corrected chi connectivity index (χ4v) is 10.1. The Balaban J connectivity index is 0.971. The number of piperidine rings is 1. The van der Waals surface area contributed by atoms with E-state index >= 15 is 0 Å². The summed E-state index contributed by atoms with van der Waals surface area (Å²) in [7, 11) is 0. The summed E-state index contributed by atoms with van der Waals surface area (Å²) in [4.78, 5) is 64.0. The first-order valence-corrected chi connectivity index (χ1v) is 24.4. The predicted octanol–water partition coefficient (Wildman–Crippen LogP) is 11.0. The van der Waals surface area contributed by atoms with Gasteiger partial charge in [0.05, 0.1) is 32.2 Å². The smallest absolute Gasteiger partial charge is 0.246 e. The highest BCUT2D eigenvalue weighted by atomic mass is 35.5. The number of fused-ring (bicyclic) bond motifs is 3. The molecule has 4 aromatic carbocycles. The van der Waals surface area contributed by atoms with Crippen LogP contribution in [-0.2, 0) is 25.6 Å². The quantitative estimate of drug-likeness (QED) is 0.0873. The number of carbonyl (C=O) groups excluding carboxylic acids is 4. The van der Waals surface area contributed by atoms with Crippen molar-refractivity contribution in [2.24, 2.45) is 4.99 Å². The third kappa shape index (κ3) is 11.1. The van der Waals surface area contributed by atoms with Crippen LogP contribution in [0.25, 0.3) is 17.2 Å². The molecule has 3 amide bonds. The van der Waals surface area contributed by atoms with Crippen LogP contribution in [0.15, 0.2) is 107 Å². The second-order valence-corrected chi connectivity index (χ2v) is 19.9. The van der Waals surface area contributed by atoms with E-state index in [0.717, 1.165) is 37.8 Å². The molecule has 68 heavy (non-hydrogen) atoms. The van der Waals surface area contributed by atoms with Crippen LogP contribution in [-0.4, -0.2) is 74.6 Å². The molecule has 1 saturated heterocycles. The van der Waals surface area contributed by atoms with Crippen LogP contribution in [0.4, 0.5) is 0 Å². The van der Waals surface area contributed by atoms with E-state index in [4.69, 9.17) is 63.0 Å². The Morgan fingerprint density at radius 2 is 1.43 bits per heavy atom. The minimum absolute atomic E-state index is 0.0106. The Morgan fingerprint density at radius 3 is 2.04 bits per heavy atom. The minimum atomic E-state index is -0.982. The SMILES string of the molecule is Cc1sc2c(c1C)C(c1ccc(Cl)cc1)=N[C@@H](CC(=O)NCCCC(=O)NC(Cc1ccccc1)C(=O)N1C/C(=C\c3ccc(Cl)c(Cl)c3)C(=O)/C(=C/c3ccc(Cl)c(Cl)c3)C1)c1nnc(C)n1-2. The number of aryl methyl sites for hydroxylation is 2. The molecule has 2 aromatic heterocycles. The lowest BCUT2D eigenvalue weighted by atomic mass is 9.93. The third-order valence-electron chi connectivity index (χ3n) is 11.7. The van der Waals surface area contributed by atoms with Crippen LogP contribution < -0.4 is 10.6 Å². The lowest BCUT2D eigenvalue weighted by molar-refractivity contribution is -0.136. The number of aromatic nitrogens is 3. The average Bonchev–Trinajstić information content (AvgIpc) is 3.80. The normalized spacial score (nSPS) is 16.2. The Bertz CT molecular complexity index is 2960. The summed E-state index contributed by atoms with van der Waals surface area (Å²) >= 11 is 32.9. The van der Waals surface area contributed by atoms with Crippen molar-refractivity contribution in [3.8, 4) is 5.00 Å². The molecule has 0 spiro atoms. The van der Waals surface area contributed by atoms with Crippen LogP contribution >= 0.6 is 69.3 Å². The molecule has 1 unspecified atom stereocenters. The van der Waals surface area contributed by atoms with Gasteiger partial charge in [-0.3, -0.25) is 28.7 Å². The third-order valence-corrected chi connectivity index (χ3v) is 14.7. The summed E-state index contributed by atoms with van der Waals surface area (Å²) in [5.74, 6) is -0.0436. The summed E-state index contributed by atoms with van der Waals surface area (Å²) in [5.41, 5.74) is 6.40. The molecule has 0 aliphatic carbocycles. The fraction of sp³-hybridized carbons (Fsp3) is 0.235. The second kappa shape index (κ2) is 21.4. The molecule has 2 N–H and O–H groups in total. The van der Waals surface area contributed by atoms with Crippen molar-refractivity contribution in [1.29, 1.82) is 0 Å². The van der Waals surface area contributed by atoms with Crippen molar-refractivity contribution in [3.05, 3.63) is 177 Å². The lowest BCUT2D eigenvalue weighted by Crippen LogP contribution is -2.52. The van der Waals surface area contributed by atoms with E-state index in [1.807, 2.05) is 66.1 Å². The highest BCUT2D eigenvalue weighted by molar-refractivity contribution is 7.15. The number of hydrogen-bond donors (Lipinski definition) is 2. The molecular formula is C51H44Cl5N7O4S. The Labute approximate surface area is 422 Å². The Kier molecular flexibility index (Phi) is 15.3. The molecule has 4 heterocycles. The molecule has 2 atom stereocenters. The van der Waals surface area contributed by atoms with Gasteiger partial charge in [-0.2, -0.15) is 0 Å².